The van der Waals surface area contributed by atoms with E-state index < -0.39 is 15.5 Å². The van der Waals surface area contributed by atoms with Gasteiger partial charge in [0.15, 0.2) is 0 Å². The van der Waals surface area contributed by atoms with E-state index in [1.807, 2.05) is 13.8 Å². The van der Waals surface area contributed by atoms with E-state index in [4.69, 9.17) is 20.5 Å². The van der Waals surface area contributed by atoms with E-state index in [1.165, 1.54) is 0 Å². The quantitative estimate of drug-likeness (QED) is 0.493. The molecule has 0 aromatic heterocycles. The number of carbonyl (C=O) groups excluding carboxylic acids is 1. The normalized spacial score (nSPS) is 17.9. The summed E-state index contributed by atoms with van der Waals surface area (Å²) in [5.41, 5.74) is 0.210. The molecular formula is C18H26ClNO5S. The number of benzene rings is 1. The monoisotopic (exact) mass is 403 g/mol. The molecule has 146 valence electrons. The van der Waals surface area contributed by atoms with Gasteiger partial charge < -0.3 is 13.8 Å². The summed E-state index contributed by atoms with van der Waals surface area (Å²) in [5, 5.41) is 0. The maximum Gasteiger partial charge on any atom is 0.306 e. The van der Waals surface area contributed by atoms with Crippen LogP contribution in [0.2, 0.25) is 0 Å². The molecule has 1 saturated heterocycles. The summed E-state index contributed by atoms with van der Waals surface area (Å²) >= 11 is 5.98. The fraction of sp³-hybridized carbons (Fsp3) is 0.611. The molecule has 1 aliphatic heterocycles. The largest absolute Gasteiger partial charge is 0.383 e. The standard InChI is InChI=1S/C18H26ClNO5S/c1-18(2,13-19)17(21)20(12-16-5-4-10-24-16)11-14-6-8-15(9-7-14)25-26(3,22)23/h6-9,16H,4-5,10-13H2,1-3H3. The molecule has 1 unspecified atom stereocenters. The van der Waals surface area contributed by atoms with Gasteiger partial charge in [0.05, 0.1) is 17.8 Å². The van der Waals surface area contributed by atoms with Crippen molar-refractivity contribution in [2.75, 3.05) is 25.3 Å². The van der Waals surface area contributed by atoms with E-state index in [0.29, 0.717) is 13.1 Å². The number of hydrogen-bond acceptors (Lipinski definition) is 5. The number of ether oxygens (including phenoxy) is 1. The van der Waals surface area contributed by atoms with E-state index >= 15 is 0 Å². The Labute approximate surface area is 160 Å². The lowest BCUT2D eigenvalue weighted by atomic mass is 9.93. The second-order valence-electron chi connectivity index (χ2n) is 7.27. The van der Waals surface area contributed by atoms with Crippen LogP contribution in [0.3, 0.4) is 0 Å². The topological polar surface area (TPSA) is 72.9 Å². The van der Waals surface area contributed by atoms with E-state index in [1.54, 1.807) is 29.2 Å². The molecule has 1 aliphatic rings. The average Bonchev–Trinajstić information content (AvgIpc) is 3.07. The van der Waals surface area contributed by atoms with Crippen molar-refractivity contribution < 1.29 is 22.1 Å². The third-order valence-corrected chi connectivity index (χ3v) is 5.36. The summed E-state index contributed by atoms with van der Waals surface area (Å²) in [4.78, 5) is 14.7. The maximum absolute atomic E-state index is 12.9. The number of alkyl halides is 1. The first-order valence-electron chi connectivity index (χ1n) is 8.56. The van der Waals surface area contributed by atoms with Crippen molar-refractivity contribution in [2.45, 2.75) is 39.3 Å². The van der Waals surface area contributed by atoms with Crippen LogP contribution >= 0.6 is 11.6 Å². The minimum absolute atomic E-state index is 0.0283. The summed E-state index contributed by atoms with van der Waals surface area (Å²) in [6.45, 7) is 5.30. The summed E-state index contributed by atoms with van der Waals surface area (Å²) in [6, 6.07) is 6.67. The van der Waals surface area contributed by atoms with Crippen LogP contribution in [0.1, 0.15) is 32.3 Å². The molecule has 1 aromatic rings. The molecule has 8 heteroatoms. The Bertz CT molecular complexity index is 712. The van der Waals surface area contributed by atoms with Crippen LogP contribution in [0.15, 0.2) is 24.3 Å². The number of halogens is 1. The van der Waals surface area contributed by atoms with E-state index in [9.17, 15) is 13.2 Å². The maximum atomic E-state index is 12.9. The molecule has 1 heterocycles. The second kappa shape index (κ2) is 8.59. The van der Waals surface area contributed by atoms with E-state index in [0.717, 1.165) is 31.3 Å². The number of hydrogen-bond donors (Lipinski definition) is 0. The van der Waals surface area contributed by atoms with Crippen LogP contribution < -0.4 is 4.18 Å². The highest BCUT2D eigenvalue weighted by molar-refractivity contribution is 7.86. The van der Waals surface area contributed by atoms with E-state index in [-0.39, 0.29) is 23.6 Å². The molecule has 0 spiro atoms. The first kappa shape index (κ1) is 21.0. The molecular weight excluding hydrogens is 378 g/mol. The fourth-order valence-corrected chi connectivity index (χ4v) is 3.36. The minimum atomic E-state index is -3.56. The van der Waals surface area contributed by atoms with Gasteiger partial charge in [-0.05, 0) is 44.4 Å². The summed E-state index contributed by atoms with van der Waals surface area (Å²) in [6.07, 6.45) is 2.98. The van der Waals surface area contributed by atoms with Gasteiger partial charge in [-0.1, -0.05) is 12.1 Å². The smallest absolute Gasteiger partial charge is 0.306 e. The zero-order valence-corrected chi connectivity index (χ0v) is 17.0. The Morgan fingerprint density at radius 2 is 2.00 bits per heavy atom. The van der Waals surface area contributed by atoms with Gasteiger partial charge in [0.2, 0.25) is 5.91 Å². The molecule has 0 saturated carbocycles. The van der Waals surface area contributed by atoms with Crippen LogP contribution in [0, 0.1) is 5.41 Å². The predicted molar refractivity (Wildman–Crippen MR) is 101 cm³/mol. The van der Waals surface area contributed by atoms with Crippen molar-refractivity contribution in [1.29, 1.82) is 0 Å². The molecule has 2 rings (SSSR count). The lowest BCUT2D eigenvalue weighted by Gasteiger charge is -2.32. The van der Waals surface area contributed by atoms with Crippen molar-refractivity contribution >= 4 is 27.6 Å². The number of nitrogens with zero attached hydrogens (tertiary/aromatic N) is 1. The first-order valence-corrected chi connectivity index (χ1v) is 10.9. The van der Waals surface area contributed by atoms with Gasteiger partial charge in [-0.3, -0.25) is 4.79 Å². The highest BCUT2D eigenvalue weighted by Crippen LogP contribution is 2.25. The Morgan fingerprint density at radius 1 is 1.35 bits per heavy atom. The molecule has 0 aliphatic carbocycles. The minimum Gasteiger partial charge on any atom is -0.383 e. The Hall–Kier alpha value is -1.31. The molecule has 1 amide bonds. The van der Waals surface area contributed by atoms with Crippen molar-refractivity contribution in [3.8, 4) is 5.75 Å². The average molecular weight is 404 g/mol. The molecule has 1 fully saturated rings. The Balaban J connectivity index is 2.13. The van der Waals surface area contributed by atoms with Crippen LogP contribution in [0.5, 0.6) is 5.75 Å². The van der Waals surface area contributed by atoms with Crippen LogP contribution in [-0.4, -0.2) is 50.6 Å². The van der Waals surface area contributed by atoms with Gasteiger partial charge >= 0.3 is 10.1 Å². The van der Waals surface area contributed by atoms with Gasteiger partial charge in [-0.15, -0.1) is 11.6 Å². The van der Waals surface area contributed by atoms with Crippen LogP contribution in [0.4, 0.5) is 0 Å². The Kier molecular flexibility index (Phi) is 6.93. The summed E-state index contributed by atoms with van der Waals surface area (Å²) in [5.74, 6) is 0.448. The van der Waals surface area contributed by atoms with Crippen LogP contribution in [-0.2, 0) is 26.2 Å². The fourth-order valence-electron chi connectivity index (χ4n) is 2.78. The highest BCUT2D eigenvalue weighted by atomic mass is 35.5. The highest BCUT2D eigenvalue weighted by Gasteiger charge is 2.33. The first-order chi connectivity index (χ1) is 12.1. The van der Waals surface area contributed by atoms with Gasteiger partial charge in [0.25, 0.3) is 0 Å². The summed E-state index contributed by atoms with van der Waals surface area (Å²) < 4.78 is 32.9. The third-order valence-electron chi connectivity index (χ3n) is 4.19. The predicted octanol–water partition coefficient (Wildman–Crippen LogP) is 2.80. The zero-order chi connectivity index (χ0) is 19.4. The van der Waals surface area contributed by atoms with Gasteiger partial charge in [0.1, 0.15) is 5.75 Å². The molecule has 6 nitrogen and oxygen atoms in total. The number of rotatable bonds is 8. The second-order valence-corrected chi connectivity index (χ2v) is 9.11. The SMILES string of the molecule is CC(C)(CCl)C(=O)N(Cc1ccc(OS(C)(=O)=O)cc1)CC1CCCO1. The van der Waals surface area contributed by atoms with Gasteiger partial charge in [-0.25, -0.2) is 0 Å². The number of carbonyl (C=O) groups is 1. The van der Waals surface area contributed by atoms with Gasteiger partial charge in [-0.2, -0.15) is 8.42 Å². The lowest BCUT2D eigenvalue weighted by molar-refractivity contribution is -0.141. The van der Waals surface area contributed by atoms with Crippen LogP contribution in [0.25, 0.3) is 0 Å². The van der Waals surface area contributed by atoms with Crippen molar-refractivity contribution in [2.24, 2.45) is 5.41 Å². The molecule has 1 aromatic carbocycles. The van der Waals surface area contributed by atoms with Crippen molar-refractivity contribution in [1.82, 2.24) is 4.90 Å². The molecule has 26 heavy (non-hydrogen) atoms. The Morgan fingerprint density at radius 3 is 2.50 bits per heavy atom. The lowest BCUT2D eigenvalue weighted by Crippen LogP contribution is -2.44. The molecule has 1 atom stereocenters. The summed E-state index contributed by atoms with van der Waals surface area (Å²) in [7, 11) is -3.56. The molecule has 0 radical (unpaired) electrons. The van der Waals surface area contributed by atoms with E-state index in [2.05, 4.69) is 0 Å². The molecule has 0 N–H and O–H groups in total. The third kappa shape index (κ3) is 6.14. The molecule has 0 bridgehead atoms. The van der Waals surface area contributed by atoms with Crippen molar-refractivity contribution in [3.05, 3.63) is 29.8 Å². The van der Waals surface area contributed by atoms with Gasteiger partial charge in [0, 0.05) is 25.6 Å². The number of amides is 1. The zero-order valence-electron chi connectivity index (χ0n) is 15.4. The van der Waals surface area contributed by atoms with Crippen molar-refractivity contribution in [3.63, 3.8) is 0 Å².